The zero-order valence-corrected chi connectivity index (χ0v) is 16.6. The predicted octanol–water partition coefficient (Wildman–Crippen LogP) is 5.42. The van der Waals surface area contributed by atoms with Gasteiger partial charge in [0.1, 0.15) is 16.6 Å². The van der Waals surface area contributed by atoms with Crippen LogP contribution < -0.4 is 5.32 Å². The molecule has 0 bridgehead atoms. The van der Waals surface area contributed by atoms with Crippen LogP contribution in [0.25, 0.3) is 27.9 Å². The van der Waals surface area contributed by atoms with E-state index in [-0.39, 0.29) is 5.57 Å². The van der Waals surface area contributed by atoms with Crippen LogP contribution in [-0.2, 0) is 4.79 Å². The summed E-state index contributed by atoms with van der Waals surface area (Å²) in [6.45, 7) is 0. The average molecular weight is 408 g/mol. The van der Waals surface area contributed by atoms with Crippen molar-refractivity contribution in [1.29, 1.82) is 5.26 Å². The van der Waals surface area contributed by atoms with E-state index in [1.165, 1.54) is 0 Å². The van der Waals surface area contributed by atoms with E-state index in [1.54, 1.807) is 35.9 Å². The first kappa shape index (κ1) is 19.2. The maximum atomic E-state index is 12.6. The molecule has 0 radical (unpaired) electrons. The van der Waals surface area contributed by atoms with E-state index in [1.807, 2.05) is 72.1 Å². The van der Waals surface area contributed by atoms with Crippen LogP contribution in [0.2, 0.25) is 0 Å². The Morgan fingerprint density at radius 1 is 1.00 bits per heavy atom. The van der Waals surface area contributed by atoms with Gasteiger partial charge in [-0.2, -0.15) is 5.26 Å². The molecule has 0 aliphatic carbocycles. The number of benzene rings is 2. The van der Waals surface area contributed by atoms with Gasteiger partial charge in [0.05, 0.1) is 5.69 Å². The molecule has 6 heteroatoms. The highest BCUT2D eigenvalue weighted by atomic mass is 32.1. The van der Waals surface area contributed by atoms with E-state index in [0.29, 0.717) is 5.69 Å². The zero-order chi connectivity index (χ0) is 20.8. The second kappa shape index (κ2) is 8.95. The lowest BCUT2D eigenvalue weighted by molar-refractivity contribution is -0.112. The van der Waals surface area contributed by atoms with Gasteiger partial charge in [-0.3, -0.25) is 9.78 Å². The van der Waals surface area contributed by atoms with E-state index < -0.39 is 5.91 Å². The third-order valence-electron chi connectivity index (χ3n) is 4.32. The molecule has 5 nitrogen and oxygen atoms in total. The Morgan fingerprint density at radius 3 is 2.57 bits per heavy atom. The summed E-state index contributed by atoms with van der Waals surface area (Å²) in [4.78, 5) is 21.3. The summed E-state index contributed by atoms with van der Waals surface area (Å²) in [7, 11) is 0. The molecule has 30 heavy (non-hydrogen) atoms. The van der Waals surface area contributed by atoms with Gasteiger partial charge in [0.15, 0.2) is 0 Å². The molecule has 0 atom stereocenters. The minimum atomic E-state index is -0.450. The van der Waals surface area contributed by atoms with Crippen molar-refractivity contribution in [2.24, 2.45) is 0 Å². The fourth-order valence-corrected chi connectivity index (χ4v) is 3.69. The third-order valence-corrected chi connectivity index (χ3v) is 5.21. The van der Waals surface area contributed by atoms with E-state index in [9.17, 15) is 10.1 Å². The second-order valence-corrected chi connectivity index (χ2v) is 7.25. The molecule has 1 amide bonds. The van der Waals surface area contributed by atoms with Crippen LogP contribution in [0.5, 0.6) is 0 Å². The Kier molecular flexibility index (Phi) is 5.74. The molecule has 0 saturated heterocycles. The summed E-state index contributed by atoms with van der Waals surface area (Å²) >= 11 is 1.55. The van der Waals surface area contributed by atoms with Gasteiger partial charge >= 0.3 is 0 Å². The lowest BCUT2D eigenvalue weighted by atomic mass is 10.1. The minimum absolute atomic E-state index is 0.0419. The van der Waals surface area contributed by atoms with Crippen molar-refractivity contribution in [1.82, 2.24) is 9.97 Å². The van der Waals surface area contributed by atoms with Crippen molar-refractivity contribution in [3.63, 3.8) is 0 Å². The summed E-state index contributed by atoms with van der Waals surface area (Å²) in [5, 5.41) is 15.1. The van der Waals surface area contributed by atoms with Crippen molar-refractivity contribution in [2.45, 2.75) is 0 Å². The van der Waals surface area contributed by atoms with Gasteiger partial charge in [0.2, 0.25) is 0 Å². The van der Waals surface area contributed by atoms with Gasteiger partial charge in [-0.25, -0.2) is 4.98 Å². The molecule has 1 N–H and O–H groups in total. The molecule has 4 aromatic rings. The summed E-state index contributed by atoms with van der Waals surface area (Å²) in [5.41, 5.74) is 4.16. The number of amides is 1. The van der Waals surface area contributed by atoms with Crippen LogP contribution in [0.1, 0.15) is 5.56 Å². The van der Waals surface area contributed by atoms with Gasteiger partial charge in [0, 0.05) is 34.6 Å². The Bertz CT molecular complexity index is 1240. The number of hydrogen-bond donors (Lipinski definition) is 1. The molecule has 0 aliphatic heterocycles. The van der Waals surface area contributed by atoms with Crippen LogP contribution in [0.4, 0.5) is 5.69 Å². The molecule has 2 aromatic carbocycles. The number of thiazole rings is 1. The van der Waals surface area contributed by atoms with E-state index >= 15 is 0 Å². The highest BCUT2D eigenvalue weighted by molar-refractivity contribution is 7.13. The Balaban J connectivity index is 1.54. The van der Waals surface area contributed by atoms with Gasteiger partial charge < -0.3 is 5.32 Å². The Hall–Kier alpha value is -4.08. The standard InChI is InChI=1S/C24H16N4OS/c25-15-20(13-17-5-2-1-3-6-17)23(29)27-21-8-4-7-19(14-21)22-16-30-24(28-22)18-9-11-26-12-10-18/h1-14,16H,(H,27,29)/b20-13+. The lowest BCUT2D eigenvalue weighted by Crippen LogP contribution is -2.13. The zero-order valence-electron chi connectivity index (χ0n) is 15.8. The number of anilines is 1. The van der Waals surface area contributed by atoms with Gasteiger partial charge in [0.25, 0.3) is 5.91 Å². The van der Waals surface area contributed by atoms with Crippen molar-refractivity contribution < 1.29 is 4.79 Å². The molecule has 0 saturated carbocycles. The molecule has 144 valence electrons. The van der Waals surface area contributed by atoms with Crippen molar-refractivity contribution in [2.75, 3.05) is 5.32 Å². The maximum absolute atomic E-state index is 12.6. The molecular weight excluding hydrogens is 392 g/mol. The summed E-state index contributed by atoms with van der Waals surface area (Å²) < 4.78 is 0. The van der Waals surface area contributed by atoms with Crippen molar-refractivity contribution in [3.8, 4) is 27.9 Å². The predicted molar refractivity (Wildman–Crippen MR) is 119 cm³/mol. The van der Waals surface area contributed by atoms with Crippen LogP contribution in [0.15, 0.2) is 90.1 Å². The van der Waals surface area contributed by atoms with Gasteiger partial charge in [-0.15, -0.1) is 11.3 Å². The van der Waals surface area contributed by atoms with Crippen LogP contribution in [0.3, 0.4) is 0 Å². The first-order valence-electron chi connectivity index (χ1n) is 9.17. The van der Waals surface area contributed by atoms with E-state index in [0.717, 1.165) is 27.4 Å². The van der Waals surface area contributed by atoms with E-state index in [4.69, 9.17) is 4.98 Å². The van der Waals surface area contributed by atoms with E-state index in [2.05, 4.69) is 10.3 Å². The Labute approximate surface area is 178 Å². The molecule has 0 unspecified atom stereocenters. The Morgan fingerprint density at radius 2 is 1.80 bits per heavy atom. The summed E-state index contributed by atoms with van der Waals surface area (Å²) in [5.74, 6) is -0.450. The number of carbonyl (C=O) groups excluding carboxylic acids is 1. The number of nitrogens with one attached hydrogen (secondary N) is 1. The number of aromatic nitrogens is 2. The summed E-state index contributed by atoms with van der Waals surface area (Å²) in [6.07, 6.45) is 5.05. The molecular formula is C24H16N4OS. The monoisotopic (exact) mass is 408 g/mol. The molecule has 0 spiro atoms. The molecule has 0 aliphatic rings. The van der Waals surface area contributed by atoms with Gasteiger partial charge in [-0.1, -0.05) is 42.5 Å². The third kappa shape index (κ3) is 4.49. The summed E-state index contributed by atoms with van der Waals surface area (Å²) in [6, 6.07) is 22.5. The normalized spacial score (nSPS) is 11.0. The van der Waals surface area contributed by atoms with Crippen molar-refractivity contribution >= 4 is 29.0 Å². The fraction of sp³-hybridized carbons (Fsp3) is 0. The quantitative estimate of drug-likeness (QED) is 0.353. The minimum Gasteiger partial charge on any atom is -0.321 e. The van der Waals surface area contributed by atoms with Crippen LogP contribution in [-0.4, -0.2) is 15.9 Å². The highest BCUT2D eigenvalue weighted by Crippen LogP contribution is 2.29. The molecule has 4 rings (SSSR count). The molecule has 2 aromatic heterocycles. The average Bonchev–Trinajstić information content (AvgIpc) is 3.29. The lowest BCUT2D eigenvalue weighted by Gasteiger charge is -2.06. The second-order valence-electron chi connectivity index (χ2n) is 6.39. The largest absolute Gasteiger partial charge is 0.321 e. The fourth-order valence-electron chi connectivity index (χ4n) is 2.85. The topological polar surface area (TPSA) is 78.7 Å². The SMILES string of the molecule is N#C/C(=C\c1ccccc1)C(=O)Nc1cccc(-c2csc(-c3ccncc3)n2)c1. The van der Waals surface area contributed by atoms with Crippen LogP contribution in [0, 0.1) is 11.3 Å². The van der Waals surface area contributed by atoms with Crippen LogP contribution >= 0.6 is 11.3 Å². The highest BCUT2D eigenvalue weighted by Gasteiger charge is 2.11. The number of hydrogen-bond acceptors (Lipinski definition) is 5. The number of nitriles is 1. The number of carbonyl (C=O) groups is 1. The maximum Gasteiger partial charge on any atom is 0.266 e. The smallest absolute Gasteiger partial charge is 0.266 e. The van der Waals surface area contributed by atoms with Crippen molar-refractivity contribution in [3.05, 3.63) is 95.6 Å². The molecule has 2 heterocycles. The first-order chi connectivity index (χ1) is 14.7. The number of pyridine rings is 1. The number of nitrogens with zero attached hydrogens (tertiary/aromatic N) is 3. The number of rotatable bonds is 5. The van der Waals surface area contributed by atoms with Gasteiger partial charge in [-0.05, 0) is 35.9 Å². The first-order valence-corrected chi connectivity index (χ1v) is 10.1. The molecule has 0 fully saturated rings.